The van der Waals surface area contributed by atoms with Gasteiger partial charge in [0.25, 0.3) is 0 Å². The maximum atomic E-state index is 4.59. The fraction of sp³-hybridized carbons (Fsp3) is 0.545. The molecule has 0 amide bonds. The Morgan fingerprint density at radius 2 is 2.07 bits per heavy atom. The van der Waals surface area contributed by atoms with E-state index >= 15 is 0 Å². The molecule has 1 fully saturated rings. The van der Waals surface area contributed by atoms with Gasteiger partial charge in [-0.25, -0.2) is 0 Å². The van der Waals surface area contributed by atoms with Gasteiger partial charge in [-0.2, -0.15) is 9.61 Å². The first kappa shape index (κ1) is 8.83. The molecule has 0 atom stereocenters. The Bertz CT molecular complexity index is 496. The van der Waals surface area contributed by atoms with E-state index in [-0.39, 0.29) is 0 Å². The van der Waals surface area contributed by atoms with Crippen LogP contribution in [0.15, 0.2) is 12.1 Å². The smallest absolute Gasteiger partial charge is 0.177 e. The number of rotatable bonds is 2. The summed E-state index contributed by atoms with van der Waals surface area (Å²) in [5.41, 5.74) is 1.96. The lowest BCUT2D eigenvalue weighted by molar-refractivity contribution is 0.734. The average molecular weight is 202 g/mol. The van der Waals surface area contributed by atoms with Gasteiger partial charge in [0.15, 0.2) is 11.5 Å². The van der Waals surface area contributed by atoms with Gasteiger partial charge in [0, 0.05) is 5.92 Å². The van der Waals surface area contributed by atoms with Crippen LogP contribution in [0.5, 0.6) is 0 Å². The fourth-order valence-electron chi connectivity index (χ4n) is 1.72. The molecule has 0 bridgehead atoms. The highest BCUT2D eigenvalue weighted by Crippen LogP contribution is 2.38. The van der Waals surface area contributed by atoms with Gasteiger partial charge < -0.3 is 0 Å². The molecule has 3 rings (SSSR count). The third kappa shape index (κ3) is 1.40. The zero-order valence-corrected chi connectivity index (χ0v) is 9.01. The van der Waals surface area contributed by atoms with E-state index in [1.807, 2.05) is 16.6 Å². The minimum Gasteiger partial charge on any atom is -0.197 e. The molecule has 2 aromatic heterocycles. The number of hydrogen-bond donors (Lipinski definition) is 0. The molecule has 1 aliphatic rings. The number of fused-ring (bicyclic) bond motifs is 1. The predicted octanol–water partition coefficient (Wildman–Crippen LogP) is 2.13. The Morgan fingerprint density at radius 1 is 1.27 bits per heavy atom. The van der Waals surface area contributed by atoms with Crippen LogP contribution >= 0.6 is 0 Å². The highest BCUT2D eigenvalue weighted by atomic mass is 15.4. The zero-order chi connectivity index (χ0) is 10.4. The molecule has 1 saturated carbocycles. The second-order valence-corrected chi connectivity index (χ2v) is 4.52. The molecular formula is C11H14N4. The van der Waals surface area contributed by atoms with Crippen LogP contribution in [0.25, 0.3) is 5.65 Å². The quantitative estimate of drug-likeness (QED) is 0.749. The van der Waals surface area contributed by atoms with Gasteiger partial charge in [-0.15, -0.1) is 10.2 Å². The lowest BCUT2D eigenvalue weighted by atomic mass is 10.1. The maximum Gasteiger partial charge on any atom is 0.177 e. The van der Waals surface area contributed by atoms with Crippen molar-refractivity contribution in [3.05, 3.63) is 23.7 Å². The van der Waals surface area contributed by atoms with Crippen molar-refractivity contribution in [3.8, 4) is 0 Å². The third-order valence-corrected chi connectivity index (χ3v) is 2.84. The summed E-state index contributed by atoms with van der Waals surface area (Å²) in [5, 5.41) is 12.9. The molecule has 2 heterocycles. The minimum absolute atomic E-state index is 0.448. The van der Waals surface area contributed by atoms with Crippen LogP contribution in [0.4, 0.5) is 0 Å². The minimum atomic E-state index is 0.448. The molecule has 4 nitrogen and oxygen atoms in total. The standard InChI is InChI=1S/C11H14N4/c1-7(2)9-5-6-10-12-13-11(8-3-4-8)15(10)14-9/h5-8H,3-4H2,1-2H3. The van der Waals surface area contributed by atoms with Gasteiger partial charge in [0.1, 0.15) is 0 Å². The Morgan fingerprint density at radius 3 is 2.73 bits per heavy atom. The average Bonchev–Trinajstić information content (AvgIpc) is 2.98. The van der Waals surface area contributed by atoms with Crippen molar-refractivity contribution in [1.29, 1.82) is 0 Å². The summed E-state index contributed by atoms with van der Waals surface area (Å²) in [5.74, 6) is 2.08. The maximum absolute atomic E-state index is 4.59. The van der Waals surface area contributed by atoms with E-state index in [0.717, 1.165) is 17.2 Å². The molecule has 0 saturated heterocycles. The summed E-state index contributed by atoms with van der Waals surface area (Å²) < 4.78 is 1.91. The van der Waals surface area contributed by atoms with Crippen molar-refractivity contribution in [2.75, 3.05) is 0 Å². The SMILES string of the molecule is CC(C)c1ccc2nnc(C3CC3)n2n1. The van der Waals surface area contributed by atoms with Gasteiger partial charge in [0.05, 0.1) is 5.69 Å². The molecule has 0 spiro atoms. The molecule has 1 aliphatic carbocycles. The van der Waals surface area contributed by atoms with E-state index < -0.39 is 0 Å². The summed E-state index contributed by atoms with van der Waals surface area (Å²) in [6.07, 6.45) is 2.46. The lowest BCUT2D eigenvalue weighted by Crippen LogP contribution is -2.02. The summed E-state index contributed by atoms with van der Waals surface area (Å²) in [6.45, 7) is 4.30. The van der Waals surface area contributed by atoms with E-state index in [1.54, 1.807) is 0 Å². The normalized spacial score (nSPS) is 16.5. The molecule has 0 N–H and O–H groups in total. The largest absolute Gasteiger partial charge is 0.197 e. The Labute approximate surface area is 88.3 Å². The van der Waals surface area contributed by atoms with Crippen LogP contribution in [-0.2, 0) is 0 Å². The second kappa shape index (κ2) is 3.02. The molecule has 78 valence electrons. The molecule has 0 aromatic carbocycles. The third-order valence-electron chi connectivity index (χ3n) is 2.84. The van der Waals surface area contributed by atoms with Gasteiger partial charge >= 0.3 is 0 Å². The monoisotopic (exact) mass is 202 g/mol. The highest BCUT2D eigenvalue weighted by molar-refractivity contribution is 5.37. The summed E-state index contributed by atoms with van der Waals surface area (Å²) >= 11 is 0. The van der Waals surface area contributed by atoms with E-state index in [0.29, 0.717) is 11.8 Å². The molecular weight excluding hydrogens is 188 g/mol. The van der Waals surface area contributed by atoms with Crippen LogP contribution in [-0.4, -0.2) is 19.8 Å². The summed E-state index contributed by atoms with van der Waals surface area (Å²) in [7, 11) is 0. The number of nitrogens with zero attached hydrogens (tertiary/aromatic N) is 4. The summed E-state index contributed by atoms with van der Waals surface area (Å²) in [6, 6.07) is 4.03. The first-order valence-corrected chi connectivity index (χ1v) is 5.48. The second-order valence-electron chi connectivity index (χ2n) is 4.52. The van der Waals surface area contributed by atoms with Crippen molar-refractivity contribution >= 4 is 5.65 Å². The number of aromatic nitrogens is 4. The summed E-state index contributed by atoms with van der Waals surface area (Å²) in [4.78, 5) is 0. The fourth-order valence-corrected chi connectivity index (χ4v) is 1.72. The molecule has 0 radical (unpaired) electrons. The Balaban J connectivity index is 2.17. The Hall–Kier alpha value is -1.45. The van der Waals surface area contributed by atoms with Crippen molar-refractivity contribution in [1.82, 2.24) is 19.8 Å². The van der Waals surface area contributed by atoms with Gasteiger partial charge in [0.2, 0.25) is 0 Å². The van der Waals surface area contributed by atoms with Crippen LogP contribution in [0, 0.1) is 0 Å². The molecule has 15 heavy (non-hydrogen) atoms. The highest BCUT2D eigenvalue weighted by Gasteiger charge is 2.29. The molecule has 0 aliphatic heterocycles. The van der Waals surface area contributed by atoms with Crippen molar-refractivity contribution in [3.63, 3.8) is 0 Å². The van der Waals surface area contributed by atoms with Crippen molar-refractivity contribution in [2.24, 2.45) is 0 Å². The van der Waals surface area contributed by atoms with Crippen molar-refractivity contribution < 1.29 is 0 Å². The van der Waals surface area contributed by atoms with Gasteiger partial charge in [-0.05, 0) is 30.9 Å². The first-order chi connectivity index (χ1) is 7.25. The van der Waals surface area contributed by atoms with Crippen LogP contribution in [0.3, 0.4) is 0 Å². The van der Waals surface area contributed by atoms with E-state index in [1.165, 1.54) is 12.8 Å². The molecule has 4 heteroatoms. The van der Waals surface area contributed by atoms with Gasteiger partial charge in [-0.1, -0.05) is 13.8 Å². The topological polar surface area (TPSA) is 43.1 Å². The van der Waals surface area contributed by atoms with Crippen LogP contribution in [0.1, 0.15) is 50.0 Å². The Kier molecular flexibility index (Phi) is 1.78. The zero-order valence-electron chi connectivity index (χ0n) is 9.01. The van der Waals surface area contributed by atoms with Crippen LogP contribution < -0.4 is 0 Å². The van der Waals surface area contributed by atoms with Gasteiger partial charge in [-0.3, -0.25) is 0 Å². The van der Waals surface area contributed by atoms with Crippen LogP contribution in [0.2, 0.25) is 0 Å². The first-order valence-electron chi connectivity index (χ1n) is 5.48. The van der Waals surface area contributed by atoms with Crippen molar-refractivity contribution in [2.45, 2.75) is 38.5 Å². The predicted molar refractivity (Wildman–Crippen MR) is 56.8 cm³/mol. The van der Waals surface area contributed by atoms with E-state index in [2.05, 4.69) is 29.1 Å². The van der Waals surface area contributed by atoms with E-state index in [4.69, 9.17) is 0 Å². The molecule has 2 aromatic rings. The number of hydrogen-bond acceptors (Lipinski definition) is 3. The lowest BCUT2D eigenvalue weighted by Gasteiger charge is -2.04. The van der Waals surface area contributed by atoms with E-state index in [9.17, 15) is 0 Å². The molecule has 0 unspecified atom stereocenters.